The summed E-state index contributed by atoms with van der Waals surface area (Å²) in [6, 6.07) is 4.63. The molecule has 0 atom stereocenters. The van der Waals surface area contributed by atoms with Crippen molar-refractivity contribution >= 4 is 11.6 Å². The SMILES string of the molecule is Cc1nc(C)n(-c2cc(F)cc(CCl)c2)n1. The highest BCUT2D eigenvalue weighted by atomic mass is 35.5. The number of alkyl halides is 1. The Morgan fingerprint density at radius 1 is 1.31 bits per heavy atom. The molecule has 0 saturated carbocycles. The maximum Gasteiger partial charge on any atom is 0.148 e. The van der Waals surface area contributed by atoms with Gasteiger partial charge < -0.3 is 0 Å². The van der Waals surface area contributed by atoms with E-state index in [1.54, 1.807) is 17.7 Å². The van der Waals surface area contributed by atoms with Gasteiger partial charge in [-0.15, -0.1) is 11.6 Å². The van der Waals surface area contributed by atoms with Crippen LogP contribution in [0.5, 0.6) is 0 Å². The van der Waals surface area contributed by atoms with Gasteiger partial charge in [-0.05, 0) is 37.6 Å². The number of benzene rings is 1. The zero-order chi connectivity index (χ0) is 11.7. The van der Waals surface area contributed by atoms with E-state index in [1.807, 2.05) is 6.92 Å². The van der Waals surface area contributed by atoms with E-state index in [0.29, 0.717) is 11.5 Å². The summed E-state index contributed by atoms with van der Waals surface area (Å²) < 4.78 is 14.9. The maximum atomic E-state index is 13.3. The molecule has 1 aromatic heterocycles. The molecule has 1 heterocycles. The molecule has 0 bridgehead atoms. The summed E-state index contributed by atoms with van der Waals surface area (Å²) in [5, 5.41) is 4.19. The zero-order valence-corrected chi connectivity index (χ0v) is 9.79. The highest BCUT2D eigenvalue weighted by Gasteiger charge is 2.07. The third kappa shape index (κ3) is 2.07. The third-order valence-corrected chi connectivity index (χ3v) is 2.52. The summed E-state index contributed by atoms with van der Waals surface area (Å²) in [5.74, 6) is 1.34. The molecule has 84 valence electrons. The first-order valence-electron chi connectivity index (χ1n) is 4.86. The fourth-order valence-corrected chi connectivity index (χ4v) is 1.75. The first-order valence-corrected chi connectivity index (χ1v) is 5.39. The van der Waals surface area contributed by atoms with Gasteiger partial charge in [-0.2, -0.15) is 5.10 Å². The van der Waals surface area contributed by atoms with Crippen LogP contribution in [0.4, 0.5) is 4.39 Å². The monoisotopic (exact) mass is 239 g/mol. The van der Waals surface area contributed by atoms with Crippen LogP contribution in [0, 0.1) is 19.7 Å². The minimum atomic E-state index is -0.319. The predicted molar refractivity (Wildman–Crippen MR) is 60.3 cm³/mol. The lowest BCUT2D eigenvalue weighted by atomic mass is 10.2. The molecule has 0 amide bonds. The Balaban J connectivity index is 2.55. The molecule has 0 N–H and O–H groups in total. The topological polar surface area (TPSA) is 30.7 Å². The molecule has 3 nitrogen and oxygen atoms in total. The smallest absolute Gasteiger partial charge is 0.148 e. The van der Waals surface area contributed by atoms with E-state index < -0.39 is 0 Å². The van der Waals surface area contributed by atoms with E-state index in [0.717, 1.165) is 11.4 Å². The van der Waals surface area contributed by atoms with Gasteiger partial charge in [0.25, 0.3) is 0 Å². The molecule has 0 unspecified atom stereocenters. The molecule has 0 aliphatic carbocycles. The lowest BCUT2D eigenvalue weighted by Gasteiger charge is -2.05. The van der Waals surface area contributed by atoms with Gasteiger partial charge >= 0.3 is 0 Å². The Bertz CT molecular complexity index is 522. The van der Waals surface area contributed by atoms with E-state index in [-0.39, 0.29) is 11.7 Å². The number of hydrogen-bond donors (Lipinski definition) is 0. The molecular weight excluding hydrogens is 229 g/mol. The van der Waals surface area contributed by atoms with Crippen LogP contribution in [0.25, 0.3) is 5.69 Å². The Hall–Kier alpha value is -1.42. The van der Waals surface area contributed by atoms with Gasteiger partial charge in [-0.25, -0.2) is 14.1 Å². The largest absolute Gasteiger partial charge is 0.218 e. The fraction of sp³-hybridized carbons (Fsp3) is 0.273. The summed E-state index contributed by atoms with van der Waals surface area (Å²) in [6.45, 7) is 3.62. The number of rotatable bonds is 2. The predicted octanol–water partition coefficient (Wildman–Crippen LogP) is 2.76. The Kier molecular flexibility index (Phi) is 2.92. The van der Waals surface area contributed by atoms with Gasteiger partial charge in [0.15, 0.2) is 0 Å². The van der Waals surface area contributed by atoms with E-state index in [4.69, 9.17) is 11.6 Å². The Labute approximate surface area is 97.9 Å². The first kappa shape index (κ1) is 11.1. The number of nitrogens with zero attached hydrogens (tertiary/aromatic N) is 3. The zero-order valence-electron chi connectivity index (χ0n) is 9.04. The fourth-order valence-electron chi connectivity index (χ4n) is 1.60. The molecule has 0 fully saturated rings. The molecule has 0 aliphatic heterocycles. The number of aromatic nitrogens is 3. The van der Waals surface area contributed by atoms with Crippen LogP contribution in [0.15, 0.2) is 18.2 Å². The number of halogens is 2. The van der Waals surface area contributed by atoms with Crippen molar-refractivity contribution in [3.8, 4) is 5.69 Å². The van der Waals surface area contributed by atoms with Crippen molar-refractivity contribution in [2.24, 2.45) is 0 Å². The number of hydrogen-bond acceptors (Lipinski definition) is 2. The second-order valence-electron chi connectivity index (χ2n) is 3.57. The molecule has 16 heavy (non-hydrogen) atoms. The van der Waals surface area contributed by atoms with Gasteiger partial charge in [0.05, 0.1) is 5.69 Å². The van der Waals surface area contributed by atoms with Crippen molar-refractivity contribution < 1.29 is 4.39 Å². The van der Waals surface area contributed by atoms with Crippen molar-refractivity contribution in [3.63, 3.8) is 0 Å². The second kappa shape index (κ2) is 4.22. The Morgan fingerprint density at radius 2 is 2.06 bits per heavy atom. The summed E-state index contributed by atoms with van der Waals surface area (Å²) in [7, 11) is 0. The molecule has 1 aromatic carbocycles. The summed E-state index contributed by atoms with van der Waals surface area (Å²) in [6.07, 6.45) is 0. The Morgan fingerprint density at radius 3 is 2.62 bits per heavy atom. The van der Waals surface area contributed by atoms with Gasteiger partial charge in [0.1, 0.15) is 17.5 Å². The molecule has 0 aliphatic rings. The average molecular weight is 240 g/mol. The van der Waals surface area contributed by atoms with Gasteiger partial charge in [0.2, 0.25) is 0 Å². The van der Waals surface area contributed by atoms with E-state index in [2.05, 4.69) is 10.1 Å². The lowest BCUT2D eigenvalue weighted by Crippen LogP contribution is -2.01. The van der Waals surface area contributed by atoms with Gasteiger partial charge in [0, 0.05) is 5.88 Å². The molecule has 5 heteroatoms. The van der Waals surface area contributed by atoms with Crippen LogP contribution >= 0.6 is 11.6 Å². The average Bonchev–Trinajstić information content (AvgIpc) is 2.57. The molecule has 2 aromatic rings. The van der Waals surface area contributed by atoms with Crippen molar-refractivity contribution in [2.45, 2.75) is 19.7 Å². The van der Waals surface area contributed by atoms with Crippen molar-refractivity contribution in [1.29, 1.82) is 0 Å². The van der Waals surface area contributed by atoms with Crippen molar-refractivity contribution in [1.82, 2.24) is 14.8 Å². The highest BCUT2D eigenvalue weighted by Crippen LogP contribution is 2.16. The standard InChI is InChI=1S/C11H11ClFN3/c1-7-14-8(2)16(15-7)11-4-9(6-12)3-10(13)5-11/h3-5H,6H2,1-2H3. The third-order valence-electron chi connectivity index (χ3n) is 2.22. The van der Waals surface area contributed by atoms with E-state index >= 15 is 0 Å². The van der Waals surface area contributed by atoms with Crippen LogP contribution in [0.2, 0.25) is 0 Å². The van der Waals surface area contributed by atoms with Crippen molar-refractivity contribution in [3.05, 3.63) is 41.2 Å². The quantitative estimate of drug-likeness (QED) is 0.755. The van der Waals surface area contributed by atoms with Gasteiger partial charge in [-0.3, -0.25) is 0 Å². The molecule has 2 rings (SSSR count). The highest BCUT2D eigenvalue weighted by molar-refractivity contribution is 6.17. The minimum absolute atomic E-state index is 0.275. The second-order valence-corrected chi connectivity index (χ2v) is 3.84. The van der Waals surface area contributed by atoms with Crippen LogP contribution in [-0.2, 0) is 5.88 Å². The summed E-state index contributed by atoms with van der Waals surface area (Å²) >= 11 is 5.69. The van der Waals surface area contributed by atoms with Gasteiger partial charge in [-0.1, -0.05) is 0 Å². The first-order chi connectivity index (χ1) is 7.60. The molecule has 0 radical (unpaired) electrons. The molecule has 0 spiro atoms. The van der Waals surface area contributed by atoms with Crippen LogP contribution in [-0.4, -0.2) is 14.8 Å². The van der Waals surface area contributed by atoms with E-state index in [1.165, 1.54) is 12.1 Å². The van der Waals surface area contributed by atoms with Crippen molar-refractivity contribution in [2.75, 3.05) is 0 Å². The van der Waals surface area contributed by atoms with E-state index in [9.17, 15) is 4.39 Å². The summed E-state index contributed by atoms with van der Waals surface area (Å²) in [4.78, 5) is 4.17. The van der Waals surface area contributed by atoms with Crippen LogP contribution in [0.1, 0.15) is 17.2 Å². The minimum Gasteiger partial charge on any atom is -0.218 e. The molecule has 0 saturated heterocycles. The lowest BCUT2D eigenvalue weighted by molar-refractivity contribution is 0.623. The normalized spacial score (nSPS) is 10.8. The van der Waals surface area contributed by atoms with Crippen LogP contribution in [0.3, 0.4) is 0 Å². The van der Waals surface area contributed by atoms with Crippen LogP contribution < -0.4 is 0 Å². The summed E-state index contributed by atoms with van der Waals surface area (Å²) in [5.41, 5.74) is 1.37. The molecular formula is C11H11ClFN3. The maximum absolute atomic E-state index is 13.3. The number of aryl methyl sites for hydroxylation is 2.